The van der Waals surface area contributed by atoms with Gasteiger partial charge >= 0.3 is 17.3 Å². The van der Waals surface area contributed by atoms with Crippen LogP contribution in [0, 0.1) is 11.8 Å². The predicted octanol–water partition coefficient (Wildman–Crippen LogP) is 3.69. The summed E-state index contributed by atoms with van der Waals surface area (Å²) in [4.78, 5) is 42.1. The number of hydrogen-bond donors (Lipinski definition) is 1. The molecule has 9 nitrogen and oxygen atoms in total. The van der Waals surface area contributed by atoms with E-state index in [1.54, 1.807) is 55.5 Å². The van der Waals surface area contributed by atoms with E-state index in [0.717, 1.165) is 10.1 Å². The lowest BCUT2D eigenvalue weighted by Gasteiger charge is -2.17. The molecule has 2 aromatic carbocycles. The van der Waals surface area contributed by atoms with Crippen molar-refractivity contribution >= 4 is 29.2 Å². The number of methoxy groups -OCH3 is 1. The number of benzene rings is 2. The van der Waals surface area contributed by atoms with Crippen molar-refractivity contribution < 1.29 is 14.3 Å². The van der Waals surface area contributed by atoms with Crippen LogP contribution in [0.5, 0.6) is 5.75 Å². The third-order valence-electron chi connectivity index (χ3n) is 5.16. The summed E-state index contributed by atoms with van der Waals surface area (Å²) >= 11 is 5.99. The van der Waals surface area contributed by atoms with E-state index in [1.165, 1.54) is 11.7 Å². The monoisotopic (exact) mass is 500 g/mol. The Kier molecular flexibility index (Phi) is 8.70. The molecule has 3 aromatic rings. The van der Waals surface area contributed by atoms with Gasteiger partial charge in [0.25, 0.3) is 0 Å². The van der Waals surface area contributed by atoms with E-state index >= 15 is 0 Å². The van der Waals surface area contributed by atoms with Crippen LogP contribution in [0.1, 0.15) is 26.3 Å². The van der Waals surface area contributed by atoms with E-state index in [-0.39, 0.29) is 19.0 Å². The number of nitrogens with zero attached hydrogens (tertiary/aromatic N) is 3. The zero-order valence-corrected chi connectivity index (χ0v) is 20.9. The van der Waals surface area contributed by atoms with Gasteiger partial charge in [0, 0.05) is 17.3 Å². The number of ether oxygens (including phenoxy) is 2. The maximum Gasteiger partial charge on any atom is 0.354 e. The number of halogens is 1. The fourth-order valence-electron chi connectivity index (χ4n) is 3.27. The molecule has 1 atom stereocenters. The van der Waals surface area contributed by atoms with Crippen LogP contribution in [0.2, 0.25) is 5.02 Å². The zero-order valence-electron chi connectivity index (χ0n) is 20.2. The molecule has 0 aliphatic rings. The van der Waals surface area contributed by atoms with Gasteiger partial charge in [0.2, 0.25) is 5.95 Å². The third kappa shape index (κ3) is 6.95. The van der Waals surface area contributed by atoms with Gasteiger partial charge in [-0.2, -0.15) is 4.98 Å². The fourth-order valence-corrected chi connectivity index (χ4v) is 3.40. The summed E-state index contributed by atoms with van der Waals surface area (Å²) in [6, 6.07) is 14.1. The number of carbonyl (C=O) groups is 1. The lowest BCUT2D eigenvalue weighted by Crippen LogP contribution is -2.44. The second-order valence-corrected chi connectivity index (χ2v) is 9.04. The molecule has 186 valence electrons. The van der Waals surface area contributed by atoms with Gasteiger partial charge in [0.15, 0.2) is 0 Å². The van der Waals surface area contributed by atoms with Crippen LogP contribution >= 0.6 is 11.6 Å². The van der Waals surface area contributed by atoms with Crippen molar-refractivity contribution in [1.29, 1.82) is 0 Å². The highest BCUT2D eigenvalue weighted by molar-refractivity contribution is 6.30. The summed E-state index contributed by atoms with van der Waals surface area (Å²) in [6.07, 6.45) is 0. The summed E-state index contributed by atoms with van der Waals surface area (Å²) in [5.41, 5.74) is 0.0383. The molecule has 35 heavy (non-hydrogen) atoms. The highest BCUT2D eigenvalue weighted by Crippen LogP contribution is 2.19. The number of esters is 1. The topological polar surface area (TPSA) is 104 Å². The van der Waals surface area contributed by atoms with Gasteiger partial charge in [-0.1, -0.05) is 44.5 Å². The maximum absolute atomic E-state index is 13.4. The Morgan fingerprint density at radius 2 is 1.69 bits per heavy atom. The number of rotatable bonds is 10. The van der Waals surface area contributed by atoms with Crippen LogP contribution in [0.15, 0.2) is 58.1 Å². The lowest BCUT2D eigenvalue weighted by atomic mass is 10.2. The minimum Gasteiger partial charge on any atom is -0.493 e. The predicted molar refractivity (Wildman–Crippen MR) is 135 cm³/mol. The summed E-state index contributed by atoms with van der Waals surface area (Å²) in [5, 5.41) is 3.62. The van der Waals surface area contributed by atoms with Crippen LogP contribution in [0.3, 0.4) is 0 Å². The summed E-state index contributed by atoms with van der Waals surface area (Å²) in [7, 11) is 1.25. The Balaban J connectivity index is 1.97. The second kappa shape index (κ2) is 11.7. The van der Waals surface area contributed by atoms with Crippen LogP contribution in [-0.4, -0.2) is 33.8 Å². The molecule has 0 spiro atoms. The Bertz CT molecular complexity index is 1270. The molecule has 0 radical (unpaired) electrons. The van der Waals surface area contributed by atoms with Crippen molar-refractivity contribution in [2.24, 2.45) is 11.8 Å². The Morgan fingerprint density at radius 3 is 2.29 bits per heavy atom. The molecule has 0 amide bonds. The minimum atomic E-state index is -0.766. The van der Waals surface area contributed by atoms with Crippen LogP contribution in [0.25, 0.3) is 0 Å². The van der Waals surface area contributed by atoms with E-state index in [0.29, 0.717) is 29.0 Å². The number of hydrogen-bond acceptors (Lipinski definition) is 7. The summed E-state index contributed by atoms with van der Waals surface area (Å²) in [6.45, 7) is 6.28. The highest BCUT2D eigenvalue weighted by atomic mass is 35.5. The van der Waals surface area contributed by atoms with Gasteiger partial charge < -0.3 is 14.8 Å². The molecule has 0 unspecified atom stereocenters. The molecule has 0 bridgehead atoms. The van der Waals surface area contributed by atoms with Crippen molar-refractivity contribution in [2.45, 2.75) is 33.9 Å². The van der Waals surface area contributed by atoms with E-state index in [1.807, 2.05) is 0 Å². The quantitative estimate of drug-likeness (QED) is 0.423. The van der Waals surface area contributed by atoms with Crippen LogP contribution < -0.4 is 21.4 Å². The molecule has 0 aliphatic carbocycles. The summed E-state index contributed by atoms with van der Waals surface area (Å²) < 4.78 is 12.7. The minimum absolute atomic E-state index is 0.0766. The number of carbonyl (C=O) groups excluding carboxylic acids is 1. The molecule has 10 heteroatoms. The first-order valence-electron chi connectivity index (χ1n) is 11.2. The Morgan fingerprint density at radius 1 is 1.03 bits per heavy atom. The molecule has 0 saturated carbocycles. The Labute approximate surface area is 208 Å². The second-order valence-electron chi connectivity index (χ2n) is 8.60. The molecule has 1 N–H and O–H groups in total. The Hall–Kier alpha value is -3.59. The first-order chi connectivity index (χ1) is 16.7. The third-order valence-corrected chi connectivity index (χ3v) is 5.41. The van der Waals surface area contributed by atoms with Crippen molar-refractivity contribution in [3.63, 3.8) is 0 Å². The molecular weight excluding hydrogens is 472 g/mol. The molecule has 3 rings (SSSR count). The average molecular weight is 501 g/mol. The standard InChI is InChI=1S/C25H29ClN4O5/c1-16(2)15-35-21-11-9-20(10-12-21)27-23-28-24(32)30(13-17(3)22(31)34-4)25(33)29(23)14-18-5-7-19(26)8-6-18/h5-12,16-17H,13-15H2,1-4H3,(H,27,28,32)/t17-/m0/s1. The average Bonchev–Trinajstić information content (AvgIpc) is 2.84. The van der Waals surface area contributed by atoms with Crippen molar-refractivity contribution in [2.75, 3.05) is 19.0 Å². The van der Waals surface area contributed by atoms with Crippen molar-refractivity contribution in [3.05, 3.63) is 80.1 Å². The van der Waals surface area contributed by atoms with Crippen molar-refractivity contribution in [3.8, 4) is 5.75 Å². The van der Waals surface area contributed by atoms with E-state index in [2.05, 4.69) is 24.1 Å². The molecule has 1 heterocycles. The fraction of sp³-hybridized carbons (Fsp3) is 0.360. The van der Waals surface area contributed by atoms with Gasteiger partial charge in [-0.25, -0.2) is 14.2 Å². The first kappa shape index (κ1) is 26.0. The molecule has 1 aromatic heterocycles. The summed E-state index contributed by atoms with van der Waals surface area (Å²) in [5.74, 6) is -0.0423. The number of aromatic nitrogens is 3. The van der Waals surface area contributed by atoms with Crippen molar-refractivity contribution in [1.82, 2.24) is 14.1 Å². The van der Waals surface area contributed by atoms with E-state index in [4.69, 9.17) is 21.1 Å². The molecule has 0 aliphatic heterocycles. The highest BCUT2D eigenvalue weighted by Gasteiger charge is 2.20. The van der Waals surface area contributed by atoms with E-state index in [9.17, 15) is 14.4 Å². The van der Waals surface area contributed by atoms with Gasteiger partial charge in [0.1, 0.15) is 5.75 Å². The first-order valence-corrected chi connectivity index (χ1v) is 11.6. The van der Waals surface area contributed by atoms with Gasteiger partial charge in [-0.3, -0.25) is 9.36 Å². The molecule has 0 fully saturated rings. The normalized spacial score (nSPS) is 11.8. The smallest absolute Gasteiger partial charge is 0.354 e. The maximum atomic E-state index is 13.4. The molecule has 0 saturated heterocycles. The van der Waals surface area contributed by atoms with Crippen LogP contribution in [0.4, 0.5) is 11.6 Å². The molecular formula is C25H29ClN4O5. The number of anilines is 2. The zero-order chi connectivity index (χ0) is 25.5. The van der Waals surface area contributed by atoms with Gasteiger partial charge in [-0.05, 0) is 47.9 Å². The van der Waals surface area contributed by atoms with Crippen LogP contribution in [-0.2, 0) is 22.6 Å². The SMILES string of the molecule is COC(=O)[C@@H](C)Cn1c(=O)nc(Nc2ccc(OCC(C)C)cc2)n(Cc2ccc(Cl)cc2)c1=O. The van der Waals surface area contributed by atoms with E-state index < -0.39 is 23.3 Å². The largest absolute Gasteiger partial charge is 0.493 e. The lowest BCUT2D eigenvalue weighted by molar-refractivity contribution is -0.145. The number of nitrogens with one attached hydrogen (secondary N) is 1. The van der Waals surface area contributed by atoms with Gasteiger partial charge in [0.05, 0.1) is 26.2 Å². The van der Waals surface area contributed by atoms with Gasteiger partial charge in [-0.15, -0.1) is 0 Å².